The molecule has 46 valence electrons. The van der Waals surface area contributed by atoms with Crippen molar-refractivity contribution in [3.05, 3.63) is 0 Å². The number of rotatable bonds is 2. The van der Waals surface area contributed by atoms with Gasteiger partial charge >= 0.3 is 59.4 Å². The van der Waals surface area contributed by atoms with E-state index in [-0.39, 0.29) is 0 Å². The summed E-state index contributed by atoms with van der Waals surface area (Å²) in [6.45, 7) is 0. The fourth-order valence-electron chi connectivity index (χ4n) is 0.0822. The van der Waals surface area contributed by atoms with Crippen LogP contribution in [0.25, 0.3) is 0 Å². The number of aliphatic hydroxyl groups excluding tert-OH is 1. The van der Waals surface area contributed by atoms with Gasteiger partial charge < -0.3 is 5.11 Å². The first-order valence-electron chi connectivity index (χ1n) is 1.88. The Balaban J connectivity index is 0. The van der Waals surface area contributed by atoms with Gasteiger partial charge in [-0.2, -0.15) is 0 Å². The predicted molar refractivity (Wildman–Crippen MR) is 34.6 cm³/mol. The summed E-state index contributed by atoms with van der Waals surface area (Å²) in [4.78, 5) is 0. The molecular weight excluding hydrogens is 345 g/mol. The van der Waals surface area contributed by atoms with Crippen LogP contribution >= 0.6 is 16.5 Å². The SMILES string of the molecule is CO.N#C[S][Hg][S]C#N. The second-order valence-electron chi connectivity index (χ2n) is 0.589. The molecule has 0 heterocycles. The summed E-state index contributed by atoms with van der Waals surface area (Å²) in [6, 6.07) is 0. The van der Waals surface area contributed by atoms with Crippen molar-refractivity contribution in [1.29, 1.82) is 10.5 Å². The summed E-state index contributed by atoms with van der Waals surface area (Å²) < 4.78 is 0. The van der Waals surface area contributed by atoms with Crippen molar-refractivity contribution in [1.82, 2.24) is 0 Å². The van der Waals surface area contributed by atoms with Crippen molar-refractivity contribution in [3.8, 4) is 10.8 Å². The normalized spacial score (nSPS) is 4.89. The summed E-state index contributed by atoms with van der Waals surface area (Å²) in [5.41, 5.74) is 0. The Hall–Kier alpha value is 0.575. The summed E-state index contributed by atoms with van der Waals surface area (Å²) in [7, 11) is 3.60. The van der Waals surface area contributed by atoms with Crippen LogP contribution < -0.4 is 0 Å². The molecule has 0 spiro atoms. The molecule has 0 saturated heterocycles. The van der Waals surface area contributed by atoms with Crippen molar-refractivity contribution in [2.75, 3.05) is 7.11 Å². The molecule has 3 nitrogen and oxygen atoms in total. The molecule has 0 aliphatic rings. The molecule has 0 aliphatic heterocycles. The first-order chi connectivity index (χ1) is 4.41. The maximum atomic E-state index is 7.94. The fraction of sp³-hybridized carbons (Fsp3) is 0.333. The second-order valence-corrected chi connectivity index (χ2v) is 17.5. The van der Waals surface area contributed by atoms with E-state index in [1.54, 1.807) is 0 Å². The molecule has 0 unspecified atom stereocenters. The monoisotopic (exact) mass is 350 g/mol. The van der Waals surface area contributed by atoms with E-state index in [0.29, 0.717) is 0 Å². The zero-order chi connectivity index (χ0) is 7.54. The molecule has 6 heteroatoms. The van der Waals surface area contributed by atoms with Crippen molar-refractivity contribution < 1.29 is 26.7 Å². The van der Waals surface area contributed by atoms with Gasteiger partial charge in [0.1, 0.15) is 0 Å². The molecule has 0 bridgehead atoms. The summed E-state index contributed by atoms with van der Waals surface area (Å²) in [5, 5.41) is 26.8. The number of hydrogen-bond donors (Lipinski definition) is 1. The van der Waals surface area contributed by atoms with Gasteiger partial charge in [0.15, 0.2) is 0 Å². The minimum atomic E-state index is -1.09. The van der Waals surface area contributed by atoms with E-state index in [1.807, 2.05) is 10.8 Å². The average molecular weight is 349 g/mol. The van der Waals surface area contributed by atoms with Gasteiger partial charge in [0.2, 0.25) is 0 Å². The molecule has 0 fully saturated rings. The van der Waals surface area contributed by atoms with Crippen molar-refractivity contribution in [2.45, 2.75) is 0 Å². The van der Waals surface area contributed by atoms with E-state index >= 15 is 0 Å². The van der Waals surface area contributed by atoms with Crippen LogP contribution in [0.2, 0.25) is 0 Å². The molecular formula is C3H4HgN2OS2. The van der Waals surface area contributed by atoms with E-state index in [0.717, 1.165) is 7.11 Å². The Kier molecular flexibility index (Phi) is 21.6. The van der Waals surface area contributed by atoms with Gasteiger partial charge in [0, 0.05) is 7.11 Å². The van der Waals surface area contributed by atoms with Crippen LogP contribution in [0.3, 0.4) is 0 Å². The van der Waals surface area contributed by atoms with Crippen molar-refractivity contribution >= 4 is 16.5 Å². The van der Waals surface area contributed by atoms with Crippen LogP contribution in [0.1, 0.15) is 0 Å². The third-order valence-electron chi connectivity index (χ3n) is 0.247. The molecule has 0 atom stereocenters. The molecule has 0 rings (SSSR count). The van der Waals surface area contributed by atoms with Gasteiger partial charge in [-0.3, -0.25) is 0 Å². The van der Waals surface area contributed by atoms with E-state index in [1.165, 1.54) is 16.5 Å². The Morgan fingerprint density at radius 1 is 1.22 bits per heavy atom. The van der Waals surface area contributed by atoms with Crippen LogP contribution in [0.15, 0.2) is 0 Å². The number of hydrogen-bond acceptors (Lipinski definition) is 5. The van der Waals surface area contributed by atoms with E-state index in [9.17, 15) is 0 Å². The molecule has 9 heavy (non-hydrogen) atoms. The van der Waals surface area contributed by atoms with Gasteiger partial charge in [-0.05, 0) is 0 Å². The summed E-state index contributed by atoms with van der Waals surface area (Å²) >= 11 is -1.09. The van der Waals surface area contributed by atoms with Gasteiger partial charge in [-0.15, -0.1) is 0 Å². The first-order valence-corrected chi connectivity index (χ1v) is 17.3. The second kappa shape index (κ2) is 15.8. The molecule has 0 amide bonds. The molecule has 0 aromatic heterocycles. The van der Waals surface area contributed by atoms with E-state index < -0.39 is 21.5 Å². The van der Waals surface area contributed by atoms with Gasteiger partial charge in [0.25, 0.3) is 0 Å². The summed E-state index contributed by atoms with van der Waals surface area (Å²) in [5.74, 6) is 0. The van der Waals surface area contributed by atoms with E-state index in [4.69, 9.17) is 15.6 Å². The van der Waals surface area contributed by atoms with Gasteiger partial charge in [-0.1, -0.05) is 0 Å². The Bertz CT molecular complexity index is 104. The molecule has 1 N–H and O–H groups in total. The summed E-state index contributed by atoms with van der Waals surface area (Å²) in [6.07, 6.45) is 0. The van der Waals surface area contributed by atoms with Gasteiger partial charge in [-0.25, -0.2) is 0 Å². The number of aliphatic hydroxyl groups is 1. The average Bonchev–Trinajstić information content (AvgIpc) is 1.94. The van der Waals surface area contributed by atoms with Crippen LogP contribution in [0.5, 0.6) is 0 Å². The van der Waals surface area contributed by atoms with Crippen molar-refractivity contribution in [2.24, 2.45) is 0 Å². The first kappa shape index (κ1) is 12.3. The van der Waals surface area contributed by atoms with Crippen LogP contribution in [-0.4, -0.2) is 12.2 Å². The van der Waals surface area contributed by atoms with Crippen LogP contribution in [0.4, 0.5) is 0 Å². The maximum absolute atomic E-state index is 7.94. The van der Waals surface area contributed by atoms with Crippen LogP contribution in [0, 0.1) is 21.3 Å². The molecule has 0 aliphatic carbocycles. The zero-order valence-corrected chi connectivity index (χ0v) is 12.0. The topological polar surface area (TPSA) is 67.8 Å². The fourth-order valence-corrected chi connectivity index (χ4v) is 6.49. The van der Waals surface area contributed by atoms with Crippen molar-refractivity contribution in [3.63, 3.8) is 0 Å². The Morgan fingerprint density at radius 2 is 1.56 bits per heavy atom. The minimum absolute atomic E-state index is 1.00. The number of nitriles is 2. The molecule has 0 radical (unpaired) electrons. The number of nitrogens with zero attached hydrogens (tertiary/aromatic N) is 2. The standard InChI is InChI=1S/2CHNS.CH4O.Hg/c2*2-1-3;1-2;/h2*3H;2H,1H3;/q;;;+2/p-2. The van der Waals surface area contributed by atoms with E-state index in [2.05, 4.69) is 0 Å². The van der Waals surface area contributed by atoms with Gasteiger partial charge in [0.05, 0.1) is 0 Å². The molecule has 0 aromatic carbocycles. The molecule has 0 saturated carbocycles. The number of thiocyanates is 2. The third kappa shape index (κ3) is 17.7. The third-order valence-corrected chi connectivity index (χ3v) is 12.7. The Morgan fingerprint density at radius 3 is 1.78 bits per heavy atom. The molecule has 0 aromatic rings. The zero-order valence-electron chi connectivity index (χ0n) is 4.87. The predicted octanol–water partition coefficient (Wildman–Crippen LogP) is 0.936. The van der Waals surface area contributed by atoms with Crippen LogP contribution in [-0.2, 0) is 21.5 Å². The Labute approximate surface area is 71.1 Å². The quantitative estimate of drug-likeness (QED) is 0.457.